The van der Waals surface area contributed by atoms with Gasteiger partial charge in [-0.05, 0) is 37.1 Å². The van der Waals surface area contributed by atoms with Gasteiger partial charge in [-0.3, -0.25) is 0 Å². The van der Waals surface area contributed by atoms with Crippen molar-refractivity contribution in [3.05, 3.63) is 35.4 Å². The minimum atomic E-state index is -4.25. The molecule has 0 saturated heterocycles. The SMILES string of the molecule is CCNC(C)C(C)c1ccc(C(F)(F)F)cc1. The third-order valence-corrected chi connectivity index (χ3v) is 3.04. The monoisotopic (exact) mass is 245 g/mol. The van der Waals surface area contributed by atoms with E-state index in [1.807, 2.05) is 20.8 Å². The molecular formula is C13H18F3N. The van der Waals surface area contributed by atoms with Crippen LogP contribution < -0.4 is 5.32 Å². The number of benzene rings is 1. The van der Waals surface area contributed by atoms with Crippen LogP contribution in [0.4, 0.5) is 13.2 Å². The zero-order chi connectivity index (χ0) is 13.1. The number of likely N-dealkylation sites (N-methyl/N-ethyl adjacent to an activating group) is 1. The summed E-state index contributed by atoms with van der Waals surface area (Å²) < 4.78 is 37.2. The lowest BCUT2D eigenvalue weighted by atomic mass is 9.93. The molecule has 0 saturated carbocycles. The third kappa shape index (κ3) is 3.73. The zero-order valence-corrected chi connectivity index (χ0v) is 10.3. The minimum Gasteiger partial charge on any atom is -0.314 e. The summed E-state index contributed by atoms with van der Waals surface area (Å²) in [6.45, 7) is 6.91. The Morgan fingerprint density at radius 3 is 2.06 bits per heavy atom. The first-order valence-electron chi connectivity index (χ1n) is 5.76. The molecule has 96 valence electrons. The Balaban J connectivity index is 2.80. The molecular weight excluding hydrogens is 227 g/mol. The maximum absolute atomic E-state index is 12.4. The third-order valence-electron chi connectivity index (χ3n) is 3.04. The van der Waals surface area contributed by atoms with Crippen molar-refractivity contribution >= 4 is 0 Å². The van der Waals surface area contributed by atoms with Gasteiger partial charge in [0.2, 0.25) is 0 Å². The van der Waals surface area contributed by atoms with Crippen LogP contribution in [-0.4, -0.2) is 12.6 Å². The van der Waals surface area contributed by atoms with Crippen LogP contribution in [0.5, 0.6) is 0 Å². The van der Waals surface area contributed by atoms with Crippen LogP contribution in [0.25, 0.3) is 0 Å². The standard InChI is InChI=1S/C13H18F3N/c1-4-17-10(3)9(2)11-5-7-12(8-6-11)13(14,15)16/h5-10,17H,4H2,1-3H3. The molecule has 1 rings (SSSR count). The molecule has 1 nitrogen and oxygen atoms in total. The lowest BCUT2D eigenvalue weighted by Gasteiger charge is -2.21. The largest absolute Gasteiger partial charge is 0.416 e. The summed E-state index contributed by atoms with van der Waals surface area (Å²) in [4.78, 5) is 0. The van der Waals surface area contributed by atoms with Gasteiger partial charge in [-0.2, -0.15) is 13.2 Å². The van der Waals surface area contributed by atoms with Crippen molar-refractivity contribution in [2.24, 2.45) is 0 Å². The molecule has 0 aromatic heterocycles. The van der Waals surface area contributed by atoms with E-state index < -0.39 is 11.7 Å². The van der Waals surface area contributed by atoms with Crippen LogP contribution in [-0.2, 0) is 6.18 Å². The first kappa shape index (κ1) is 14.0. The summed E-state index contributed by atoms with van der Waals surface area (Å²) in [6, 6.07) is 5.65. The quantitative estimate of drug-likeness (QED) is 0.850. The Labute approximate surface area is 100 Å². The van der Waals surface area contributed by atoms with Crippen molar-refractivity contribution in [2.75, 3.05) is 6.54 Å². The zero-order valence-electron chi connectivity index (χ0n) is 10.3. The van der Waals surface area contributed by atoms with Gasteiger partial charge in [0.1, 0.15) is 0 Å². The second kappa shape index (κ2) is 5.54. The van der Waals surface area contributed by atoms with Gasteiger partial charge in [0, 0.05) is 6.04 Å². The first-order valence-corrected chi connectivity index (χ1v) is 5.76. The van der Waals surface area contributed by atoms with Crippen LogP contribution in [0, 0.1) is 0 Å². The number of hydrogen-bond donors (Lipinski definition) is 1. The number of halogens is 3. The lowest BCUT2D eigenvalue weighted by molar-refractivity contribution is -0.137. The summed E-state index contributed by atoms with van der Waals surface area (Å²) in [6.07, 6.45) is -4.25. The van der Waals surface area contributed by atoms with Gasteiger partial charge in [0.25, 0.3) is 0 Å². The summed E-state index contributed by atoms with van der Waals surface area (Å²) in [5.74, 6) is 0.192. The van der Waals surface area contributed by atoms with Gasteiger partial charge >= 0.3 is 6.18 Å². The van der Waals surface area contributed by atoms with Crippen molar-refractivity contribution in [3.8, 4) is 0 Å². The molecule has 1 aromatic carbocycles. The Morgan fingerprint density at radius 2 is 1.65 bits per heavy atom. The van der Waals surface area contributed by atoms with E-state index in [2.05, 4.69) is 5.32 Å². The number of nitrogens with one attached hydrogen (secondary N) is 1. The topological polar surface area (TPSA) is 12.0 Å². The van der Waals surface area contributed by atoms with Gasteiger partial charge in [-0.15, -0.1) is 0 Å². The lowest BCUT2D eigenvalue weighted by Crippen LogP contribution is -2.30. The van der Waals surface area contributed by atoms with E-state index in [4.69, 9.17) is 0 Å². The fraction of sp³-hybridized carbons (Fsp3) is 0.538. The maximum Gasteiger partial charge on any atom is 0.416 e. The maximum atomic E-state index is 12.4. The van der Waals surface area contributed by atoms with Crippen LogP contribution in [0.3, 0.4) is 0 Å². The van der Waals surface area contributed by atoms with E-state index in [0.29, 0.717) is 0 Å². The van der Waals surface area contributed by atoms with Crippen molar-refractivity contribution in [1.29, 1.82) is 0 Å². The van der Waals surface area contributed by atoms with E-state index in [1.54, 1.807) is 12.1 Å². The molecule has 0 fully saturated rings. The van der Waals surface area contributed by atoms with Crippen molar-refractivity contribution < 1.29 is 13.2 Å². The van der Waals surface area contributed by atoms with Crippen LogP contribution >= 0.6 is 0 Å². The normalized spacial score (nSPS) is 15.6. The Morgan fingerprint density at radius 1 is 1.12 bits per heavy atom. The van der Waals surface area contributed by atoms with Gasteiger partial charge in [0.15, 0.2) is 0 Å². The number of hydrogen-bond acceptors (Lipinski definition) is 1. The molecule has 2 unspecified atom stereocenters. The average Bonchev–Trinajstić information content (AvgIpc) is 2.27. The minimum absolute atomic E-state index is 0.192. The Kier molecular flexibility index (Phi) is 4.57. The molecule has 1 N–H and O–H groups in total. The molecule has 2 atom stereocenters. The van der Waals surface area contributed by atoms with E-state index in [1.165, 1.54) is 0 Å². The van der Waals surface area contributed by atoms with E-state index in [9.17, 15) is 13.2 Å². The van der Waals surface area contributed by atoms with Gasteiger partial charge in [-0.1, -0.05) is 26.0 Å². The molecule has 1 aromatic rings. The molecule has 4 heteroatoms. The summed E-state index contributed by atoms with van der Waals surface area (Å²) >= 11 is 0. The molecule has 0 amide bonds. The van der Waals surface area contributed by atoms with Crippen LogP contribution in [0.15, 0.2) is 24.3 Å². The molecule has 0 heterocycles. The molecule has 17 heavy (non-hydrogen) atoms. The van der Waals surface area contributed by atoms with Crippen molar-refractivity contribution in [2.45, 2.75) is 38.9 Å². The Bertz CT molecular complexity index is 343. The number of rotatable bonds is 4. The highest BCUT2D eigenvalue weighted by molar-refractivity contribution is 5.27. The molecule has 0 aliphatic rings. The first-order chi connectivity index (χ1) is 7.86. The predicted molar refractivity (Wildman–Crippen MR) is 63.0 cm³/mol. The summed E-state index contributed by atoms with van der Waals surface area (Å²) in [7, 11) is 0. The van der Waals surface area contributed by atoms with Gasteiger partial charge in [0.05, 0.1) is 5.56 Å². The van der Waals surface area contributed by atoms with Crippen molar-refractivity contribution in [3.63, 3.8) is 0 Å². The fourth-order valence-corrected chi connectivity index (χ4v) is 1.76. The highest BCUT2D eigenvalue weighted by atomic mass is 19.4. The molecule has 0 spiro atoms. The second-order valence-corrected chi connectivity index (χ2v) is 4.25. The van der Waals surface area contributed by atoms with Crippen molar-refractivity contribution in [1.82, 2.24) is 5.32 Å². The fourth-order valence-electron chi connectivity index (χ4n) is 1.76. The number of alkyl halides is 3. The van der Waals surface area contributed by atoms with Gasteiger partial charge in [-0.25, -0.2) is 0 Å². The highest BCUT2D eigenvalue weighted by Gasteiger charge is 2.30. The predicted octanol–water partition coefficient (Wildman–Crippen LogP) is 3.81. The summed E-state index contributed by atoms with van der Waals surface area (Å²) in [5.41, 5.74) is 0.330. The average molecular weight is 245 g/mol. The molecule has 0 aliphatic carbocycles. The highest BCUT2D eigenvalue weighted by Crippen LogP contribution is 2.30. The molecule has 0 bridgehead atoms. The second-order valence-electron chi connectivity index (χ2n) is 4.25. The molecule has 0 radical (unpaired) electrons. The summed E-state index contributed by atoms with van der Waals surface area (Å²) in [5, 5.41) is 3.27. The smallest absolute Gasteiger partial charge is 0.314 e. The van der Waals surface area contributed by atoms with E-state index in [0.717, 1.165) is 24.2 Å². The van der Waals surface area contributed by atoms with Gasteiger partial charge < -0.3 is 5.32 Å². The van der Waals surface area contributed by atoms with Crippen LogP contribution in [0.1, 0.15) is 37.8 Å². The Hall–Kier alpha value is -1.03. The molecule has 0 aliphatic heterocycles. The van der Waals surface area contributed by atoms with Crippen LogP contribution in [0.2, 0.25) is 0 Å². The van der Waals surface area contributed by atoms with E-state index in [-0.39, 0.29) is 12.0 Å². The van der Waals surface area contributed by atoms with E-state index >= 15 is 0 Å².